The first-order chi connectivity index (χ1) is 21.4. The molecule has 0 spiro atoms. The Morgan fingerprint density at radius 1 is 1.02 bits per heavy atom. The molecule has 4 rings (SSSR count). The molecular weight excluding hydrogens is 609 g/mol. The highest BCUT2D eigenvalue weighted by atomic mass is 32.2. The van der Waals surface area contributed by atoms with Gasteiger partial charge in [-0.1, -0.05) is 18.2 Å². The first kappa shape index (κ1) is 33.2. The minimum absolute atomic E-state index is 0.0738. The van der Waals surface area contributed by atoms with Crippen LogP contribution in [0.2, 0.25) is 0 Å². The fraction of sp³-hybridized carbons (Fsp3) is 0.281. The van der Waals surface area contributed by atoms with Crippen molar-refractivity contribution < 1.29 is 37.0 Å². The Bertz CT molecular complexity index is 1680. The highest BCUT2D eigenvalue weighted by molar-refractivity contribution is 7.98. The largest absolute Gasteiger partial charge is 0.491 e. The number of nitrogens with two attached hydrogens (primary N) is 1. The number of nitrogens with one attached hydrogen (secondary N) is 2. The lowest BCUT2D eigenvalue weighted by Gasteiger charge is -2.35. The topological polar surface area (TPSA) is 125 Å². The Morgan fingerprint density at radius 2 is 1.78 bits per heavy atom. The lowest BCUT2D eigenvalue weighted by atomic mass is 9.99. The molecule has 4 aromatic rings. The Labute approximate surface area is 262 Å². The van der Waals surface area contributed by atoms with Gasteiger partial charge in [-0.25, -0.2) is 9.78 Å². The maximum atomic E-state index is 14.2. The molecule has 1 unspecified atom stereocenters. The van der Waals surface area contributed by atoms with Crippen molar-refractivity contribution in [2.24, 2.45) is 0 Å². The van der Waals surface area contributed by atoms with E-state index in [-0.39, 0.29) is 47.8 Å². The molecule has 0 aliphatic rings. The van der Waals surface area contributed by atoms with E-state index in [2.05, 4.69) is 15.6 Å². The van der Waals surface area contributed by atoms with Gasteiger partial charge in [0.2, 0.25) is 0 Å². The van der Waals surface area contributed by atoms with Gasteiger partial charge in [-0.3, -0.25) is 4.79 Å². The Kier molecular flexibility index (Phi) is 10.3. The third-order valence-corrected chi connectivity index (χ3v) is 7.40. The molecule has 0 fully saturated rings. The van der Waals surface area contributed by atoms with E-state index in [1.807, 2.05) is 18.4 Å². The summed E-state index contributed by atoms with van der Waals surface area (Å²) in [7, 11) is 0. The van der Waals surface area contributed by atoms with Crippen LogP contribution in [0.5, 0.6) is 11.5 Å². The number of carbonyl (C=O) groups is 2. The van der Waals surface area contributed by atoms with Crippen molar-refractivity contribution in [3.63, 3.8) is 0 Å². The predicted octanol–water partition coefficient (Wildman–Crippen LogP) is 6.41. The average molecular weight is 643 g/mol. The number of aromatic nitrogens is 1. The van der Waals surface area contributed by atoms with E-state index in [9.17, 15) is 22.8 Å². The average Bonchev–Trinajstić information content (AvgIpc) is 3.00. The number of rotatable bonds is 12. The van der Waals surface area contributed by atoms with Crippen molar-refractivity contribution in [1.29, 1.82) is 0 Å². The predicted molar refractivity (Wildman–Crippen MR) is 167 cm³/mol. The number of thioether (sulfide) groups is 1. The molecule has 3 aromatic carbocycles. The summed E-state index contributed by atoms with van der Waals surface area (Å²) < 4.78 is 58.1. The van der Waals surface area contributed by atoms with Crippen molar-refractivity contribution in [1.82, 2.24) is 10.3 Å². The van der Waals surface area contributed by atoms with Crippen molar-refractivity contribution in [3.8, 4) is 11.5 Å². The first-order valence-corrected chi connectivity index (χ1v) is 15.2. The fourth-order valence-electron chi connectivity index (χ4n) is 4.57. The van der Waals surface area contributed by atoms with Crippen LogP contribution in [0.1, 0.15) is 31.9 Å². The molecule has 1 atom stereocenters. The van der Waals surface area contributed by atoms with E-state index < -0.39 is 23.8 Å². The smallest absolute Gasteiger partial charge is 0.490 e. The van der Waals surface area contributed by atoms with Gasteiger partial charge in [-0.15, -0.1) is 11.8 Å². The zero-order valence-corrected chi connectivity index (χ0v) is 25.8. The summed E-state index contributed by atoms with van der Waals surface area (Å²) in [6.45, 7) is 5.41. The molecule has 0 bridgehead atoms. The van der Waals surface area contributed by atoms with E-state index in [4.69, 9.17) is 19.9 Å². The van der Waals surface area contributed by atoms with Crippen molar-refractivity contribution in [2.45, 2.75) is 50.2 Å². The molecule has 13 heteroatoms. The minimum Gasteiger partial charge on any atom is -0.490 e. The number of amides is 1. The van der Waals surface area contributed by atoms with E-state index in [1.54, 1.807) is 51.1 Å². The number of halogens is 3. The van der Waals surface area contributed by atoms with Crippen molar-refractivity contribution >= 4 is 45.9 Å². The summed E-state index contributed by atoms with van der Waals surface area (Å²) in [5, 5.41) is 6.63. The maximum Gasteiger partial charge on any atom is 0.491 e. The van der Waals surface area contributed by atoms with Gasteiger partial charge in [0.05, 0.1) is 12.7 Å². The second kappa shape index (κ2) is 14.0. The highest BCUT2D eigenvalue weighted by Gasteiger charge is 2.52. The van der Waals surface area contributed by atoms with Gasteiger partial charge >= 0.3 is 12.1 Å². The summed E-state index contributed by atoms with van der Waals surface area (Å²) in [4.78, 5) is 31.7. The molecule has 4 N–H and O–H groups in total. The van der Waals surface area contributed by atoms with Crippen molar-refractivity contribution in [2.75, 3.05) is 23.9 Å². The summed E-state index contributed by atoms with van der Waals surface area (Å²) in [5.41, 5.74) is 3.97. The number of fused-ring (bicyclic) bond motifs is 1. The third kappa shape index (κ3) is 7.72. The van der Waals surface area contributed by atoms with Crippen LogP contribution in [0.3, 0.4) is 0 Å². The van der Waals surface area contributed by atoms with E-state index in [1.165, 1.54) is 42.2 Å². The number of hydrogen-bond donors (Lipinski definition) is 3. The lowest BCUT2D eigenvalue weighted by molar-refractivity contribution is -0.213. The quantitative estimate of drug-likeness (QED) is 0.0913. The van der Waals surface area contributed by atoms with Crippen LogP contribution in [-0.2, 0) is 26.6 Å². The molecule has 0 aliphatic carbocycles. The molecule has 0 aliphatic heterocycles. The number of ether oxygens (including phenoxy) is 3. The summed E-state index contributed by atoms with van der Waals surface area (Å²) in [6, 6.07) is 17.6. The summed E-state index contributed by atoms with van der Waals surface area (Å²) in [6.07, 6.45) is -2.36. The molecule has 0 saturated carbocycles. The number of benzene rings is 3. The number of esters is 1. The number of carbonyl (C=O) groups excluding carboxylic acids is 2. The molecule has 1 aromatic heterocycles. The Hall–Kier alpha value is -4.65. The Morgan fingerprint density at radius 3 is 2.47 bits per heavy atom. The third-order valence-electron chi connectivity index (χ3n) is 6.56. The zero-order valence-electron chi connectivity index (χ0n) is 25.0. The number of hydrogen-bond acceptors (Lipinski definition) is 9. The Balaban J connectivity index is 1.91. The zero-order chi connectivity index (χ0) is 32.8. The van der Waals surface area contributed by atoms with Crippen LogP contribution in [-0.4, -0.2) is 42.0 Å². The molecular formula is C32H33F3N4O5S. The van der Waals surface area contributed by atoms with E-state index in [0.717, 1.165) is 4.90 Å². The molecule has 0 saturated heterocycles. The van der Waals surface area contributed by atoms with Crippen LogP contribution in [0.25, 0.3) is 10.8 Å². The van der Waals surface area contributed by atoms with E-state index >= 15 is 0 Å². The van der Waals surface area contributed by atoms with Crippen molar-refractivity contribution in [3.05, 3.63) is 84.1 Å². The fourth-order valence-corrected chi connectivity index (χ4v) is 5.18. The minimum atomic E-state index is -5.42. The second-order valence-electron chi connectivity index (χ2n) is 10.1. The van der Waals surface area contributed by atoms with E-state index in [0.29, 0.717) is 16.3 Å². The lowest BCUT2D eigenvalue weighted by Crippen LogP contribution is -2.54. The number of alkyl halides is 3. The van der Waals surface area contributed by atoms with Crippen LogP contribution in [0.4, 0.5) is 24.7 Å². The standard InChI is InChI=1S/C32H33F3N4O5S/c1-5-42-26-17-22(10-13-25(26)43-19(2)3)31(44-30(41)32(33,34)35,29(40)38-18-21-8-6-7-9-27(21)45-4)39-23-11-12-24-20(16-23)14-15-37-28(24)36/h6-17,19,39H,5,18H2,1-4H3,(H2,36,37)(H,38,40). The molecule has 45 heavy (non-hydrogen) atoms. The summed E-state index contributed by atoms with van der Waals surface area (Å²) >= 11 is 1.44. The summed E-state index contributed by atoms with van der Waals surface area (Å²) in [5.74, 6) is -2.98. The molecule has 238 valence electrons. The number of pyridine rings is 1. The molecule has 9 nitrogen and oxygen atoms in total. The monoisotopic (exact) mass is 642 g/mol. The molecule has 1 heterocycles. The second-order valence-corrected chi connectivity index (χ2v) is 10.9. The first-order valence-electron chi connectivity index (χ1n) is 13.9. The van der Waals surface area contributed by atoms with Crippen LogP contribution in [0, 0.1) is 0 Å². The van der Waals surface area contributed by atoms with Gasteiger partial charge in [0.25, 0.3) is 11.6 Å². The van der Waals surface area contributed by atoms with Crippen LogP contribution < -0.4 is 25.8 Å². The number of anilines is 2. The molecule has 0 radical (unpaired) electrons. The SMILES string of the molecule is CCOc1cc(C(Nc2ccc3c(N)nccc3c2)(OC(=O)C(F)(F)F)C(=O)NCc2ccccc2SC)ccc1OC(C)C. The van der Waals surface area contributed by atoms with Crippen LogP contribution in [0.15, 0.2) is 77.8 Å². The van der Waals surface area contributed by atoms with Gasteiger partial charge in [-0.05, 0) is 86.5 Å². The highest BCUT2D eigenvalue weighted by Crippen LogP contribution is 2.38. The van der Waals surface area contributed by atoms with Gasteiger partial charge in [0.1, 0.15) is 5.82 Å². The van der Waals surface area contributed by atoms with Gasteiger partial charge in [-0.2, -0.15) is 13.2 Å². The normalized spacial score (nSPS) is 12.8. The maximum absolute atomic E-state index is 14.2. The number of nitrogens with zero attached hydrogens (tertiary/aromatic N) is 1. The van der Waals surface area contributed by atoms with Gasteiger partial charge in [0.15, 0.2) is 11.5 Å². The number of nitrogen functional groups attached to an aromatic ring is 1. The van der Waals surface area contributed by atoms with Gasteiger partial charge < -0.3 is 30.6 Å². The van der Waals surface area contributed by atoms with Gasteiger partial charge in [0, 0.05) is 34.3 Å². The molecule has 1 amide bonds. The van der Waals surface area contributed by atoms with Crippen LogP contribution >= 0.6 is 11.8 Å².